The number of aromatic nitrogens is 1. The van der Waals surface area contributed by atoms with Crippen molar-refractivity contribution in [3.63, 3.8) is 0 Å². The third-order valence-corrected chi connectivity index (χ3v) is 11.1. The van der Waals surface area contributed by atoms with Gasteiger partial charge in [0.25, 0.3) is 11.8 Å². The summed E-state index contributed by atoms with van der Waals surface area (Å²) < 4.78 is 0. The number of thioether (sulfide) groups is 1. The van der Waals surface area contributed by atoms with E-state index < -0.39 is 17.1 Å². The third kappa shape index (κ3) is 8.44. The van der Waals surface area contributed by atoms with Gasteiger partial charge < -0.3 is 16.0 Å². The molecule has 0 saturated heterocycles. The van der Waals surface area contributed by atoms with Gasteiger partial charge in [0, 0.05) is 27.1 Å². The molecule has 0 aliphatic rings. The minimum atomic E-state index is -0.623. The highest BCUT2D eigenvalue weighted by Gasteiger charge is 2.24. The first-order valence-electron chi connectivity index (χ1n) is 17.9. The van der Waals surface area contributed by atoms with Crippen LogP contribution in [0.15, 0.2) is 186 Å². The number of hydrogen-bond acceptors (Lipinski definition) is 6. The van der Waals surface area contributed by atoms with E-state index in [0.29, 0.717) is 16.4 Å². The van der Waals surface area contributed by atoms with E-state index in [1.807, 2.05) is 121 Å². The lowest BCUT2D eigenvalue weighted by atomic mass is 10.0. The number of fused-ring (bicyclic) bond motifs is 2. The number of carbonyl (C=O) groups is 3. The Bertz CT molecular complexity index is 2730. The quantitative estimate of drug-likeness (QED) is 0.0899. The van der Waals surface area contributed by atoms with E-state index >= 15 is 0 Å². The average molecular weight is 767 g/mol. The number of nitrogens with one attached hydrogen (secondary N) is 3. The fraction of sp³-hybridized carbons (Fsp3) is 0.0213. The molecule has 7 nitrogen and oxygen atoms in total. The lowest BCUT2D eigenvalue weighted by molar-refractivity contribution is -0.116. The van der Waals surface area contributed by atoms with Gasteiger partial charge in [0.05, 0.1) is 5.69 Å². The van der Waals surface area contributed by atoms with Crippen molar-refractivity contribution in [1.82, 2.24) is 10.3 Å². The van der Waals surface area contributed by atoms with E-state index in [0.717, 1.165) is 48.8 Å². The number of anilines is 2. The molecule has 8 rings (SSSR count). The van der Waals surface area contributed by atoms with Crippen molar-refractivity contribution in [2.45, 2.75) is 10.1 Å². The normalized spacial score (nSPS) is 11.9. The summed E-state index contributed by atoms with van der Waals surface area (Å²) in [4.78, 5) is 46.8. The van der Waals surface area contributed by atoms with Gasteiger partial charge in [-0.25, -0.2) is 4.98 Å². The fourth-order valence-corrected chi connectivity index (χ4v) is 8.15. The van der Waals surface area contributed by atoms with Crippen LogP contribution in [0.25, 0.3) is 38.9 Å². The van der Waals surface area contributed by atoms with Crippen molar-refractivity contribution in [1.29, 1.82) is 0 Å². The second-order valence-corrected chi connectivity index (χ2v) is 15.0. The first-order chi connectivity index (χ1) is 27.5. The predicted molar refractivity (Wildman–Crippen MR) is 230 cm³/mol. The van der Waals surface area contributed by atoms with Crippen molar-refractivity contribution in [3.05, 3.63) is 198 Å². The lowest BCUT2D eigenvalue weighted by Gasteiger charge is -2.17. The molecule has 272 valence electrons. The molecule has 0 saturated carbocycles. The van der Waals surface area contributed by atoms with Crippen LogP contribution in [0.5, 0.6) is 0 Å². The van der Waals surface area contributed by atoms with Crippen LogP contribution in [0, 0.1) is 0 Å². The van der Waals surface area contributed by atoms with Crippen molar-refractivity contribution in [2.75, 3.05) is 10.6 Å². The Morgan fingerprint density at radius 3 is 2.16 bits per heavy atom. The maximum absolute atomic E-state index is 14.0. The maximum atomic E-state index is 14.0. The zero-order valence-electron chi connectivity index (χ0n) is 29.9. The Labute approximate surface area is 332 Å². The molecule has 0 aliphatic heterocycles. The zero-order valence-corrected chi connectivity index (χ0v) is 31.5. The molecule has 7 aromatic carbocycles. The molecule has 56 heavy (non-hydrogen) atoms. The van der Waals surface area contributed by atoms with Gasteiger partial charge in [-0.15, -0.1) is 23.1 Å². The number of nitrogens with zero attached hydrogens (tertiary/aromatic N) is 1. The van der Waals surface area contributed by atoms with Crippen LogP contribution in [0.2, 0.25) is 0 Å². The Hall–Kier alpha value is -6.81. The summed E-state index contributed by atoms with van der Waals surface area (Å²) in [5, 5.41) is 14.9. The number of benzene rings is 7. The van der Waals surface area contributed by atoms with Crippen molar-refractivity contribution in [2.24, 2.45) is 0 Å². The average Bonchev–Trinajstić information content (AvgIpc) is 3.71. The fourth-order valence-electron chi connectivity index (χ4n) is 6.34. The van der Waals surface area contributed by atoms with Gasteiger partial charge in [0.1, 0.15) is 10.9 Å². The summed E-state index contributed by atoms with van der Waals surface area (Å²) in [5.74, 6) is -1.12. The highest BCUT2D eigenvalue weighted by Crippen LogP contribution is 2.38. The second kappa shape index (κ2) is 16.7. The van der Waals surface area contributed by atoms with Crippen LogP contribution < -0.4 is 16.0 Å². The van der Waals surface area contributed by atoms with Crippen molar-refractivity contribution in [3.8, 4) is 11.3 Å². The van der Waals surface area contributed by atoms with Gasteiger partial charge in [-0.1, -0.05) is 133 Å². The first-order valence-corrected chi connectivity index (χ1v) is 19.7. The van der Waals surface area contributed by atoms with Gasteiger partial charge in [-0.05, 0) is 75.1 Å². The SMILES string of the molecule is O=C(Nc1cccc(SC(C(=O)Nc2nc(-c3ccc4ccccc4c3)cs2)c2ccccc2)c1)/C(=C\c1cccc2ccccc12)NC(=O)c1ccccc1. The molecule has 9 heteroatoms. The van der Waals surface area contributed by atoms with Crippen LogP contribution in [0.3, 0.4) is 0 Å². The highest BCUT2D eigenvalue weighted by atomic mass is 32.2. The molecule has 0 spiro atoms. The van der Waals surface area contributed by atoms with Crippen molar-refractivity contribution >= 4 is 79.3 Å². The molecule has 3 amide bonds. The number of rotatable bonds is 11. The van der Waals surface area contributed by atoms with Crippen LogP contribution in [0.1, 0.15) is 26.7 Å². The van der Waals surface area contributed by atoms with Gasteiger partial charge in [-0.2, -0.15) is 0 Å². The summed E-state index contributed by atoms with van der Waals surface area (Å²) in [5.41, 5.74) is 4.38. The van der Waals surface area contributed by atoms with Gasteiger partial charge in [-0.3, -0.25) is 14.4 Å². The molecular formula is C47H34N4O3S2. The molecule has 0 fully saturated rings. The van der Waals surface area contributed by atoms with Crippen LogP contribution in [0.4, 0.5) is 10.8 Å². The molecule has 3 N–H and O–H groups in total. The summed E-state index contributed by atoms with van der Waals surface area (Å²) >= 11 is 2.74. The summed E-state index contributed by atoms with van der Waals surface area (Å²) in [6.07, 6.45) is 1.69. The molecular weight excluding hydrogens is 733 g/mol. The molecule has 0 radical (unpaired) electrons. The third-order valence-electron chi connectivity index (χ3n) is 9.12. The molecule has 0 bridgehead atoms. The van der Waals surface area contributed by atoms with Crippen LogP contribution in [-0.4, -0.2) is 22.7 Å². The van der Waals surface area contributed by atoms with Crippen molar-refractivity contribution < 1.29 is 14.4 Å². The monoisotopic (exact) mass is 766 g/mol. The van der Waals surface area contributed by atoms with E-state index in [9.17, 15) is 14.4 Å². The predicted octanol–water partition coefficient (Wildman–Crippen LogP) is 11.0. The molecule has 8 aromatic rings. The Balaban J connectivity index is 1.03. The summed E-state index contributed by atoms with van der Waals surface area (Å²) in [7, 11) is 0. The van der Waals surface area contributed by atoms with Gasteiger partial charge in [0.15, 0.2) is 5.13 Å². The van der Waals surface area contributed by atoms with E-state index in [4.69, 9.17) is 4.98 Å². The minimum absolute atomic E-state index is 0.0845. The maximum Gasteiger partial charge on any atom is 0.272 e. The summed E-state index contributed by atoms with van der Waals surface area (Å²) in [6, 6.07) is 53.7. The van der Waals surface area contributed by atoms with E-state index in [1.165, 1.54) is 23.1 Å². The standard InChI is InChI=1S/C47H34N4O3S2/c52-44(34-17-5-2-6-18-34)49-41(28-36-21-11-20-32-14-9-10-24-40(32)36)45(53)48-38-22-12-23-39(29-38)56-43(33-15-3-1-4-16-33)46(54)51-47-50-42(30-55-47)37-26-25-31-13-7-8-19-35(31)27-37/h1-30,43H,(H,48,53)(H,49,52)(H,50,51,54)/b41-28+. The highest BCUT2D eigenvalue weighted by molar-refractivity contribution is 8.00. The zero-order chi connectivity index (χ0) is 38.3. The molecule has 1 unspecified atom stereocenters. The number of amides is 3. The molecule has 1 heterocycles. The van der Waals surface area contributed by atoms with Crippen LogP contribution in [-0.2, 0) is 9.59 Å². The minimum Gasteiger partial charge on any atom is -0.321 e. The molecule has 1 atom stereocenters. The smallest absolute Gasteiger partial charge is 0.272 e. The van der Waals surface area contributed by atoms with Gasteiger partial charge in [0.2, 0.25) is 5.91 Å². The number of carbonyl (C=O) groups excluding carboxylic acids is 3. The second-order valence-electron chi connectivity index (χ2n) is 12.9. The van der Waals surface area contributed by atoms with Crippen LogP contribution >= 0.6 is 23.1 Å². The molecule has 0 aliphatic carbocycles. The Kier molecular flexibility index (Phi) is 10.8. The van der Waals surface area contributed by atoms with E-state index in [1.54, 1.807) is 36.4 Å². The number of thiazole rings is 1. The number of hydrogen-bond donors (Lipinski definition) is 3. The topological polar surface area (TPSA) is 100 Å². The van der Waals surface area contributed by atoms with E-state index in [-0.39, 0.29) is 11.6 Å². The Morgan fingerprint density at radius 1 is 0.643 bits per heavy atom. The first kappa shape index (κ1) is 36.2. The summed E-state index contributed by atoms with van der Waals surface area (Å²) in [6.45, 7) is 0. The van der Waals surface area contributed by atoms with E-state index in [2.05, 4.69) is 40.2 Å². The van der Waals surface area contributed by atoms with Gasteiger partial charge >= 0.3 is 0 Å². The molecule has 1 aromatic heterocycles. The largest absolute Gasteiger partial charge is 0.321 e. The lowest BCUT2D eigenvalue weighted by Crippen LogP contribution is -2.30. The Morgan fingerprint density at radius 2 is 1.34 bits per heavy atom.